The first-order chi connectivity index (χ1) is 14.0. The van der Waals surface area contributed by atoms with Gasteiger partial charge in [0.2, 0.25) is 0 Å². The van der Waals surface area contributed by atoms with Gasteiger partial charge in [0.05, 0.1) is 10.9 Å². The highest BCUT2D eigenvalue weighted by molar-refractivity contribution is 5.96. The zero-order chi connectivity index (χ0) is 20.5. The number of pyridine rings is 2. The van der Waals surface area contributed by atoms with Crippen LogP contribution in [0.5, 0.6) is 0 Å². The van der Waals surface area contributed by atoms with Crippen molar-refractivity contribution in [3.8, 4) is 0 Å². The highest BCUT2D eigenvalue weighted by atomic mass is 16.1. The summed E-state index contributed by atoms with van der Waals surface area (Å²) >= 11 is 0. The van der Waals surface area contributed by atoms with Gasteiger partial charge in [-0.25, -0.2) is 4.98 Å². The zero-order valence-corrected chi connectivity index (χ0v) is 16.3. The molecule has 146 valence electrons. The van der Waals surface area contributed by atoms with E-state index in [1.807, 2.05) is 50.2 Å². The molecule has 0 aliphatic carbocycles. The van der Waals surface area contributed by atoms with Crippen LogP contribution in [0, 0.1) is 12.3 Å². The van der Waals surface area contributed by atoms with E-state index in [0.717, 1.165) is 11.1 Å². The lowest BCUT2D eigenvalue weighted by Crippen LogP contribution is -2.34. The van der Waals surface area contributed by atoms with Crippen LogP contribution < -0.4 is 16.4 Å². The smallest absolute Gasteiger partial charge is 0.267 e. The van der Waals surface area contributed by atoms with Crippen LogP contribution in [0.4, 0.5) is 0 Å². The van der Waals surface area contributed by atoms with Crippen molar-refractivity contribution in [3.63, 3.8) is 0 Å². The second-order valence-corrected chi connectivity index (χ2v) is 6.86. The molecule has 1 aromatic carbocycles. The van der Waals surface area contributed by atoms with Gasteiger partial charge in [-0.1, -0.05) is 36.4 Å². The minimum absolute atomic E-state index is 0.0374. The third-order valence-electron chi connectivity index (χ3n) is 4.99. The summed E-state index contributed by atoms with van der Waals surface area (Å²) in [5, 5.41) is 11.7. The normalized spacial score (nSPS) is 11.1. The average molecular weight is 387 g/mol. The minimum atomic E-state index is -0.392. The molecule has 0 aliphatic rings. The molecule has 1 amide bonds. The van der Waals surface area contributed by atoms with Gasteiger partial charge in [-0.15, -0.1) is 0 Å². The first-order valence-electron chi connectivity index (χ1n) is 9.43. The van der Waals surface area contributed by atoms with E-state index in [-0.39, 0.29) is 16.6 Å². The number of benzene rings is 1. The number of nitrogens with one attached hydrogen (secondary N) is 2. The van der Waals surface area contributed by atoms with Gasteiger partial charge in [-0.3, -0.25) is 19.4 Å². The third-order valence-corrected chi connectivity index (χ3v) is 4.99. The number of hydrogen-bond donors (Lipinski definition) is 2. The Hall–Kier alpha value is -3.74. The molecule has 29 heavy (non-hydrogen) atoms. The molecule has 0 atom stereocenters. The van der Waals surface area contributed by atoms with Crippen LogP contribution in [-0.4, -0.2) is 19.9 Å². The molecule has 3 heterocycles. The van der Waals surface area contributed by atoms with Crippen LogP contribution in [0.1, 0.15) is 28.4 Å². The van der Waals surface area contributed by atoms with Crippen molar-refractivity contribution in [3.05, 3.63) is 87.3 Å². The van der Waals surface area contributed by atoms with E-state index in [1.54, 1.807) is 16.8 Å². The maximum atomic E-state index is 13.1. The third kappa shape index (κ3) is 3.20. The van der Waals surface area contributed by atoms with E-state index in [1.165, 1.54) is 10.5 Å². The van der Waals surface area contributed by atoms with Crippen LogP contribution in [0.2, 0.25) is 0 Å². The molecule has 0 fully saturated rings. The Labute approximate surface area is 166 Å². The average Bonchev–Trinajstić information content (AvgIpc) is 2.73. The molecule has 0 unspecified atom stereocenters. The second-order valence-electron chi connectivity index (χ2n) is 6.86. The first-order valence-corrected chi connectivity index (χ1v) is 9.43. The Kier molecular flexibility index (Phi) is 4.72. The topological polar surface area (TPSA) is 92.2 Å². The molecule has 7 heteroatoms. The van der Waals surface area contributed by atoms with E-state index < -0.39 is 5.91 Å². The van der Waals surface area contributed by atoms with Gasteiger partial charge in [0, 0.05) is 19.3 Å². The van der Waals surface area contributed by atoms with Gasteiger partial charge in [-0.05, 0) is 37.1 Å². The monoisotopic (exact) mass is 387 g/mol. The number of carbonyl (C=O) groups is 1. The fourth-order valence-electron chi connectivity index (χ4n) is 3.45. The maximum absolute atomic E-state index is 13.1. The van der Waals surface area contributed by atoms with Crippen molar-refractivity contribution < 1.29 is 4.79 Å². The fourth-order valence-corrected chi connectivity index (χ4v) is 3.45. The van der Waals surface area contributed by atoms with Crippen molar-refractivity contribution in [1.82, 2.24) is 19.3 Å². The van der Waals surface area contributed by atoms with E-state index in [0.29, 0.717) is 29.8 Å². The molecule has 0 radical (unpaired) electrons. The highest BCUT2D eigenvalue weighted by Crippen LogP contribution is 2.12. The lowest BCUT2D eigenvalue weighted by Gasteiger charge is -2.14. The largest absolute Gasteiger partial charge is 0.348 e. The highest BCUT2D eigenvalue weighted by Gasteiger charge is 2.17. The molecule has 0 aliphatic heterocycles. The van der Waals surface area contributed by atoms with E-state index in [4.69, 9.17) is 5.41 Å². The molecule has 4 rings (SSSR count). The number of amides is 1. The minimum Gasteiger partial charge on any atom is -0.348 e. The summed E-state index contributed by atoms with van der Waals surface area (Å²) in [7, 11) is 0. The van der Waals surface area contributed by atoms with Crippen LogP contribution >= 0.6 is 0 Å². The summed E-state index contributed by atoms with van der Waals surface area (Å²) in [6.45, 7) is 4.52. The van der Waals surface area contributed by atoms with Crippen LogP contribution in [0.3, 0.4) is 0 Å². The van der Waals surface area contributed by atoms with Crippen LogP contribution in [0.15, 0.2) is 59.5 Å². The van der Waals surface area contributed by atoms with Gasteiger partial charge in [-0.2, -0.15) is 0 Å². The fraction of sp³-hybridized carbons (Fsp3) is 0.182. The Morgan fingerprint density at radius 2 is 1.90 bits per heavy atom. The molecule has 3 aromatic heterocycles. The second kappa shape index (κ2) is 7.35. The van der Waals surface area contributed by atoms with E-state index >= 15 is 0 Å². The molecule has 0 bridgehead atoms. The number of hydrogen-bond acceptors (Lipinski definition) is 4. The molecular formula is C22H21N5O2. The lowest BCUT2D eigenvalue weighted by molar-refractivity contribution is 0.0948. The van der Waals surface area contributed by atoms with Gasteiger partial charge >= 0.3 is 0 Å². The standard InChI is InChI=1S/C22H21N5O2/c1-3-26-18(23)16(21(28)24-13-15-9-5-4-6-10-15)12-17-20(26)25-19-14(2)8-7-11-27(19)22(17)29/h4-12,23H,3,13H2,1-2H3,(H,24,28). The first kappa shape index (κ1) is 18.6. The zero-order valence-electron chi connectivity index (χ0n) is 16.3. The van der Waals surface area contributed by atoms with Crippen molar-refractivity contribution >= 4 is 22.6 Å². The Morgan fingerprint density at radius 3 is 2.62 bits per heavy atom. The van der Waals surface area contributed by atoms with Gasteiger partial charge < -0.3 is 9.88 Å². The van der Waals surface area contributed by atoms with Crippen molar-refractivity contribution in [1.29, 1.82) is 5.41 Å². The number of rotatable bonds is 4. The van der Waals surface area contributed by atoms with E-state index in [9.17, 15) is 9.59 Å². The lowest BCUT2D eigenvalue weighted by atomic mass is 10.1. The van der Waals surface area contributed by atoms with Crippen LogP contribution in [-0.2, 0) is 13.1 Å². The van der Waals surface area contributed by atoms with Gasteiger partial charge in [0.15, 0.2) is 0 Å². The predicted octanol–water partition coefficient (Wildman–Crippen LogP) is 2.39. The Bertz CT molecular complexity index is 1350. The molecule has 2 N–H and O–H groups in total. The number of carbonyl (C=O) groups excluding carboxylic acids is 1. The van der Waals surface area contributed by atoms with Crippen molar-refractivity contribution in [2.24, 2.45) is 0 Å². The molecule has 0 saturated carbocycles. The summed E-state index contributed by atoms with van der Waals surface area (Å²) in [5.74, 6) is -0.392. The molecule has 0 spiro atoms. The Morgan fingerprint density at radius 1 is 1.14 bits per heavy atom. The number of nitrogens with zero attached hydrogens (tertiary/aromatic N) is 3. The summed E-state index contributed by atoms with van der Waals surface area (Å²) in [5.41, 5.74) is 2.72. The number of aromatic nitrogens is 3. The molecule has 0 saturated heterocycles. The summed E-state index contributed by atoms with van der Waals surface area (Å²) in [6.07, 6.45) is 1.66. The predicted molar refractivity (Wildman–Crippen MR) is 111 cm³/mol. The summed E-state index contributed by atoms with van der Waals surface area (Å²) in [6, 6.07) is 14.7. The number of fused-ring (bicyclic) bond motifs is 2. The number of aryl methyl sites for hydroxylation is 2. The van der Waals surface area contributed by atoms with Gasteiger partial charge in [0.25, 0.3) is 11.5 Å². The van der Waals surface area contributed by atoms with Crippen molar-refractivity contribution in [2.75, 3.05) is 0 Å². The maximum Gasteiger partial charge on any atom is 0.267 e. The van der Waals surface area contributed by atoms with E-state index in [2.05, 4.69) is 10.3 Å². The summed E-state index contributed by atoms with van der Waals surface area (Å²) in [4.78, 5) is 30.5. The summed E-state index contributed by atoms with van der Waals surface area (Å²) < 4.78 is 3.08. The molecule has 7 nitrogen and oxygen atoms in total. The van der Waals surface area contributed by atoms with Crippen LogP contribution in [0.25, 0.3) is 16.7 Å². The van der Waals surface area contributed by atoms with Gasteiger partial charge in [0.1, 0.15) is 16.8 Å². The van der Waals surface area contributed by atoms with Crippen molar-refractivity contribution in [2.45, 2.75) is 26.9 Å². The molecular weight excluding hydrogens is 366 g/mol. The SMILES string of the molecule is CCn1c(=N)c(C(=O)NCc2ccccc2)cc2c(=O)n3cccc(C)c3nc21. The Balaban J connectivity index is 1.87. The molecule has 4 aromatic rings. The quantitative estimate of drug-likeness (QED) is 0.527.